The largest absolute Gasteiger partial charge is 0.306 e. The van der Waals surface area contributed by atoms with Gasteiger partial charge in [0, 0.05) is 0 Å². The van der Waals surface area contributed by atoms with Crippen LogP contribution in [0.1, 0.15) is 17.4 Å². The Labute approximate surface area is 77.8 Å². The van der Waals surface area contributed by atoms with Crippen LogP contribution < -0.4 is 5.32 Å². The lowest BCUT2D eigenvalue weighted by atomic mass is 10.3. The average molecular weight is 179 g/mol. The predicted octanol–water partition coefficient (Wildman–Crippen LogP) is 2.02. The van der Waals surface area contributed by atoms with Crippen LogP contribution in [0.5, 0.6) is 0 Å². The Morgan fingerprint density at radius 2 is 2.42 bits per heavy atom. The van der Waals surface area contributed by atoms with E-state index < -0.39 is 0 Å². The van der Waals surface area contributed by atoms with Gasteiger partial charge < -0.3 is 5.32 Å². The van der Waals surface area contributed by atoms with Gasteiger partial charge in [0.2, 0.25) is 0 Å². The molecule has 0 aromatic carbocycles. The molecule has 0 aliphatic heterocycles. The van der Waals surface area contributed by atoms with Crippen molar-refractivity contribution in [3.8, 4) is 11.8 Å². The molecule has 0 amide bonds. The third kappa shape index (κ3) is 2.69. The zero-order valence-electron chi connectivity index (χ0n) is 7.48. The van der Waals surface area contributed by atoms with E-state index >= 15 is 0 Å². The molecule has 0 atom stereocenters. The maximum absolute atomic E-state index is 3.16. The Morgan fingerprint density at radius 3 is 3.00 bits per heavy atom. The third-order valence-corrected chi connectivity index (χ3v) is 2.46. The number of hydrogen-bond acceptors (Lipinski definition) is 2. The van der Waals surface area contributed by atoms with E-state index in [1.54, 1.807) is 11.3 Å². The van der Waals surface area contributed by atoms with Crippen LogP contribution in [0.4, 0.5) is 0 Å². The highest BCUT2D eigenvalue weighted by Gasteiger charge is 1.92. The first-order valence-corrected chi connectivity index (χ1v) is 4.96. The van der Waals surface area contributed by atoms with E-state index in [9.17, 15) is 0 Å². The van der Waals surface area contributed by atoms with Gasteiger partial charge in [0.1, 0.15) is 0 Å². The van der Waals surface area contributed by atoms with Crippen molar-refractivity contribution in [2.75, 3.05) is 13.1 Å². The van der Waals surface area contributed by atoms with Crippen LogP contribution in [0, 0.1) is 18.8 Å². The molecule has 0 bridgehead atoms. The van der Waals surface area contributed by atoms with Gasteiger partial charge in [0.25, 0.3) is 0 Å². The smallest absolute Gasteiger partial charge is 0.0797 e. The molecule has 0 aliphatic carbocycles. The maximum Gasteiger partial charge on any atom is 0.0797 e. The molecule has 0 saturated carbocycles. The quantitative estimate of drug-likeness (QED) is 0.541. The fraction of sp³-hybridized carbons (Fsp3) is 0.400. The summed E-state index contributed by atoms with van der Waals surface area (Å²) in [7, 11) is 0. The van der Waals surface area contributed by atoms with Gasteiger partial charge >= 0.3 is 0 Å². The lowest BCUT2D eigenvalue weighted by molar-refractivity contribution is 0.811. The van der Waals surface area contributed by atoms with Gasteiger partial charge in [-0.1, -0.05) is 18.8 Å². The molecule has 0 unspecified atom stereocenters. The van der Waals surface area contributed by atoms with E-state index in [-0.39, 0.29) is 0 Å². The molecule has 1 nitrogen and oxygen atoms in total. The summed E-state index contributed by atoms with van der Waals surface area (Å²) in [5.41, 5.74) is 1.28. The molecule has 2 heteroatoms. The van der Waals surface area contributed by atoms with Crippen LogP contribution in [0.2, 0.25) is 0 Å². The van der Waals surface area contributed by atoms with E-state index in [1.165, 1.54) is 10.4 Å². The van der Waals surface area contributed by atoms with Crippen LogP contribution in [0.15, 0.2) is 11.4 Å². The molecular formula is C10H13NS. The summed E-state index contributed by atoms with van der Waals surface area (Å²) >= 11 is 1.71. The second-order valence-electron chi connectivity index (χ2n) is 2.51. The number of hydrogen-bond donors (Lipinski definition) is 1. The van der Waals surface area contributed by atoms with Crippen molar-refractivity contribution in [1.29, 1.82) is 0 Å². The summed E-state index contributed by atoms with van der Waals surface area (Å²) in [5, 5.41) is 5.24. The molecule has 1 N–H and O–H groups in total. The highest BCUT2D eigenvalue weighted by molar-refractivity contribution is 7.10. The van der Waals surface area contributed by atoms with E-state index in [0.717, 1.165) is 13.1 Å². The average Bonchev–Trinajstić information content (AvgIpc) is 2.46. The minimum Gasteiger partial charge on any atom is -0.306 e. The molecular weight excluding hydrogens is 166 g/mol. The van der Waals surface area contributed by atoms with Crippen molar-refractivity contribution in [1.82, 2.24) is 5.32 Å². The monoisotopic (exact) mass is 179 g/mol. The Kier molecular flexibility index (Phi) is 3.86. The van der Waals surface area contributed by atoms with Crippen molar-refractivity contribution in [3.63, 3.8) is 0 Å². The van der Waals surface area contributed by atoms with Gasteiger partial charge in [-0.3, -0.25) is 0 Å². The maximum atomic E-state index is 3.16. The number of aryl methyl sites for hydroxylation is 1. The SMILES string of the molecule is CCNCC#Cc1sccc1C. The fourth-order valence-corrected chi connectivity index (χ4v) is 1.61. The Morgan fingerprint density at radius 1 is 1.58 bits per heavy atom. The molecule has 0 fully saturated rings. The second kappa shape index (κ2) is 4.97. The molecule has 64 valence electrons. The van der Waals surface area contributed by atoms with Crippen LogP contribution in [0.3, 0.4) is 0 Å². The van der Waals surface area contributed by atoms with Crippen molar-refractivity contribution >= 4 is 11.3 Å². The van der Waals surface area contributed by atoms with Gasteiger partial charge in [-0.05, 0) is 30.5 Å². The lowest BCUT2D eigenvalue weighted by Gasteiger charge is -1.89. The van der Waals surface area contributed by atoms with Crippen molar-refractivity contribution < 1.29 is 0 Å². The van der Waals surface area contributed by atoms with Crippen molar-refractivity contribution in [2.24, 2.45) is 0 Å². The van der Waals surface area contributed by atoms with Gasteiger partial charge in [0.05, 0.1) is 11.4 Å². The first kappa shape index (κ1) is 9.31. The summed E-state index contributed by atoms with van der Waals surface area (Å²) in [6.07, 6.45) is 0. The molecule has 12 heavy (non-hydrogen) atoms. The minimum absolute atomic E-state index is 0.786. The molecule has 1 aromatic rings. The molecule has 1 rings (SSSR count). The van der Waals surface area contributed by atoms with Gasteiger partial charge in [-0.2, -0.15) is 0 Å². The summed E-state index contributed by atoms with van der Waals surface area (Å²) in [4.78, 5) is 1.19. The second-order valence-corrected chi connectivity index (χ2v) is 3.43. The number of thiophene rings is 1. The molecule has 1 heterocycles. The number of nitrogens with one attached hydrogen (secondary N) is 1. The zero-order valence-corrected chi connectivity index (χ0v) is 8.29. The van der Waals surface area contributed by atoms with Gasteiger partial charge in [-0.15, -0.1) is 11.3 Å². The normalized spacial score (nSPS) is 9.17. The molecule has 0 spiro atoms. The molecule has 0 radical (unpaired) electrons. The summed E-state index contributed by atoms with van der Waals surface area (Å²) in [6, 6.07) is 2.10. The summed E-state index contributed by atoms with van der Waals surface area (Å²) in [6.45, 7) is 5.94. The van der Waals surface area contributed by atoms with Crippen LogP contribution in [-0.2, 0) is 0 Å². The topological polar surface area (TPSA) is 12.0 Å². The van der Waals surface area contributed by atoms with E-state index in [0.29, 0.717) is 0 Å². The highest BCUT2D eigenvalue weighted by atomic mass is 32.1. The summed E-state index contributed by atoms with van der Waals surface area (Å²) < 4.78 is 0. The lowest BCUT2D eigenvalue weighted by Crippen LogP contribution is -2.11. The van der Waals surface area contributed by atoms with E-state index in [1.807, 2.05) is 0 Å². The van der Waals surface area contributed by atoms with Crippen LogP contribution in [-0.4, -0.2) is 13.1 Å². The Hall–Kier alpha value is -0.780. The summed E-state index contributed by atoms with van der Waals surface area (Å²) in [5.74, 6) is 6.21. The third-order valence-electron chi connectivity index (χ3n) is 1.53. The fourth-order valence-electron chi connectivity index (χ4n) is 0.813. The van der Waals surface area contributed by atoms with Crippen LogP contribution in [0.25, 0.3) is 0 Å². The first-order chi connectivity index (χ1) is 5.84. The first-order valence-electron chi connectivity index (χ1n) is 4.08. The minimum atomic E-state index is 0.786. The van der Waals surface area contributed by atoms with Gasteiger partial charge in [-0.25, -0.2) is 0 Å². The standard InChI is InChI=1S/C10H13NS/c1-3-11-7-4-5-10-9(2)6-8-12-10/h6,8,11H,3,7H2,1-2H3. The Balaban J connectivity index is 2.49. The number of rotatable bonds is 2. The Bertz CT molecular complexity index is 290. The van der Waals surface area contributed by atoms with Gasteiger partial charge in [0.15, 0.2) is 0 Å². The highest BCUT2D eigenvalue weighted by Crippen LogP contribution is 2.12. The van der Waals surface area contributed by atoms with Crippen LogP contribution >= 0.6 is 11.3 Å². The zero-order chi connectivity index (χ0) is 8.81. The molecule has 0 aliphatic rings. The van der Waals surface area contributed by atoms with E-state index in [4.69, 9.17) is 0 Å². The van der Waals surface area contributed by atoms with E-state index in [2.05, 4.69) is 42.5 Å². The molecule has 1 aromatic heterocycles. The molecule has 0 saturated heterocycles. The van der Waals surface area contributed by atoms with Crippen molar-refractivity contribution in [3.05, 3.63) is 21.9 Å². The predicted molar refractivity (Wildman–Crippen MR) is 54.5 cm³/mol. The van der Waals surface area contributed by atoms with Crippen molar-refractivity contribution in [2.45, 2.75) is 13.8 Å².